The summed E-state index contributed by atoms with van der Waals surface area (Å²) in [6.45, 7) is 3.91. The van der Waals surface area contributed by atoms with Gasteiger partial charge in [0.05, 0.1) is 12.0 Å². The van der Waals surface area contributed by atoms with E-state index >= 15 is 0 Å². The lowest BCUT2D eigenvalue weighted by molar-refractivity contribution is 0.322. The Bertz CT molecular complexity index is 777. The third-order valence-electron chi connectivity index (χ3n) is 3.98. The van der Waals surface area contributed by atoms with Gasteiger partial charge in [0.2, 0.25) is 10.0 Å². The Labute approximate surface area is 150 Å². The van der Waals surface area contributed by atoms with Crippen LogP contribution in [0.25, 0.3) is 0 Å². The lowest BCUT2D eigenvalue weighted by Gasteiger charge is -2.17. The number of hydrogen-bond acceptors (Lipinski definition) is 4. The Balaban J connectivity index is 1.81. The first-order valence-electron chi connectivity index (χ1n) is 8.29. The van der Waals surface area contributed by atoms with E-state index in [0.717, 1.165) is 25.1 Å². The number of hydrogen-bond donors (Lipinski definition) is 1. The van der Waals surface area contributed by atoms with Crippen LogP contribution < -0.4 is 9.46 Å². The van der Waals surface area contributed by atoms with Gasteiger partial charge in [-0.05, 0) is 56.3 Å². The molecule has 2 rings (SSSR count). The molecule has 5 nitrogen and oxygen atoms in total. The van der Waals surface area contributed by atoms with Crippen molar-refractivity contribution in [2.45, 2.75) is 24.8 Å². The summed E-state index contributed by atoms with van der Waals surface area (Å²) in [6.07, 6.45) is 0.748. The van der Waals surface area contributed by atoms with E-state index in [-0.39, 0.29) is 4.90 Å². The van der Waals surface area contributed by atoms with Gasteiger partial charge in [-0.2, -0.15) is 0 Å². The van der Waals surface area contributed by atoms with Crippen molar-refractivity contribution >= 4 is 10.0 Å². The van der Waals surface area contributed by atoms with Gasteiger partial charge >= 0.3 is 0 Å². The fourth-order valence-electron chi connectivity index (χ4n) is 2.63. The summed E-state index contributed by atoms with van der Waals surface area (Å²) < 4.78 is 32.5. The molecule has 1 N–H and O–H groups in total. The molecule has 0 aliphatic heterocycles. The Kier molecular flexibility index (Phi) is 6.99. The molecule has 6 heteroatoms. The minimum Gasteiger partial charge on any atom is -0.496 e. The van der Waals surface area contributed by atoms with Crippen LogP contribution in [0, 0.1) is 6.92 Å². The molecule has 136 valence electrons. The summed E-state index contributed by atoms with van der Waals surface area (Å²) in [5.41, 5.74) is 2.05. The van der Waals surface area contributed by atoms with E-state index in [9.17, 15) is 8.42 Å². The van der Waals surface area contributed by atoms with Gasteiger partial charge in [-0.25, -0.2) is 13.1 Å². The number of nitrogens with one attached hydrogen (secondary N) is 1. The van der Waals surface area contributed by atoms with Crippen LogP contribution >= 0.6 is 0 Å². The Morgan fingerprint density at radius 1 is 1.12 bits per heavy atom. The van der Waals surface area contributed by atoms with Crippen LogP contribution in [-0.2, 0) is 16.6 Å². The van der Waals surface area contributed by atoms with E-state index in [1.807, 2.05) is 32.2 Å². The van der Waals surface area contributed by atoms with E-state index in [1.165, 1.54) is 5.56 Å². The molecular formula is C19H26N2O3S. The van der Waals surface area contributed by atoms with Crippen molar-refractivity contribution in [1.82, 2.24) is 9.62 Å². The highest BCUT2D eigenvalue weighted by Gasteiger charge is 2.14. The van der Waals surface area contributed by atoms with Crippen LogP contribution in [0.15, 0.2) is 53.4 Å². The van der Waals surface area contributed by atoms with Crippen LogP contribution in [0.4, 0.5) is 0 Å². The standard InChI is InChI=1S/C19H26N2O3S/c1-16-14-18(10-11-19(16)24-3)25(22,23)20-12-7-13-21(2)15-17-8-5-4-6-9-17/h4-6,8-11,14,20H,7,12-13,15H2,1-3H3. The second-order valence-corrected chi connectivity index (χ2v) is 7.87. The Morgan fingerprint density at radius 3 is 2.48 bits per heavy atom. The fourth-order valence-corrected chi connectivity index (χ4v) is 3.79. The van der Waals surface area contributed by atoms with Crippen molar-refractivity contribution in [3.63, 3.8) is 0 Å². The lowest BCUT2D eigenvalue weighted by atomic mass is 10.2. The molecule has 0 spiro atoms. The maximum atomic E-state index is 12.4. The first kappa shape index (κ1) is 19.4. The highest BCUT2D eigenvalue weighted by Crippen LogP contribution is 2.21. The van der Waals surface area contributed by atoms with Gasteiger partial charge in [-0.3, -0.25) is 0 Å². The topological polar surface area (TPSA) is 58.6 Å². The van der Waals surface area contributed by atoms with E-state index in [1.54, 1.807) is 25.3 Å². The summed E-state index contributed by atoms with van der Waals surface area (Å²) in [6, 6.07) is 15.1. The summed E-state index contributed by atoms with van der Waals surface area (Å²) in [4.78, 5) is 2.45. The number of benzene rings is 2. The van der Waals surface area contributed by atoms with E-state index < -0.39 is 10.0 Å². The number of sulfonamides is 1. The van der Waals surface area contributed by atoms with Gasteiger partial charge in [0.25, 0.3) is 0 Å². The molecule has 0 radical (unpaired) electrons. The zero-order valence-corrected chi connectivity index (χ0v) is 15.8. The number of ether oxygens (including phenoxy) is 1. The number of aryl methyl sites for hydroxylation is 1. The number of rotatable bonds is 9. The summed E-state index contributed by atoms with van der Waals surface area (Å²) in [7, 11) is 0.118. The average Bonchev–Trinajstić information content (AvgIpc) is 2.59. The molecule has 0 heterocycles. The van der Waals surface area contributed by atoms with Gasteiger partial charge in [-0.15, -0.1) is 0 Å². The zero-order chi connectivity index (χ0) is 18.3. The fraction of sp³-hybridized carbons (Fsp3) is 0.368. The van der Waals surface area contributed by atoms with E-state index in [2.05, 4.69) is 21.8 Å². The van der Waals surface area contributed by atoms with Gasteiger partial charge in [0.1, 0.15) is 5.75 Å². The highest BCUT2D eigenvalue weighted by atomic mass is 32.2. The Morgan fingerprint density at radius 2 is 1.84 bits per heavy atom. The van der Waals surface area contributed by atoms with Crippen LogP contribution in [0.1, 0.15) is 17.5 Å². The van der Waals surface area contributed by atoms with Gasteiger partial charge < -0.3 is 9.64 Å². The first-order chi connectivity index (χ1) is 11.9. The number of methoxy groups -OCH3 is 1. The second kappa shape index (κ2) is 8.99. The van der Waals surface area contributed by atoms with Gasteiger partial charge in [0.15, 0.2) is 0 Å². The van der Waals surface area contributed by atoms with Crippen molar-refractivity contribution in [2.75, 3.05) is 27.2 Å². The second-order valence-electron chi connectivity index (χ2n) is 6.11. The molecule has 0 atom stereocenters. The van der Waals surface area contributed by atoms with E-state index in [0.29, 0.717) is 12.3 Å². The SMILES string of the molecule is COc1ccc(S(=O)(=O)NCCCN(C)Cc2ccccc2)cc1C. The van der Waals surface area contributed by atoms with Crippen molar-refractivity contribution in [3.05, 3.63) is 59.7 Å². The Hall–Kier alpha value is -1.89. The largest absolute Gasteiger partial charge is 0.496 e. The maximum Gasteiger partial charge on any atom is 0.240 e. The van der Waals surface area contributed by atoms with Crippen LogP contribution in [0.5, 0.6) is 5.75 Å². The maximum absolute atomic E-state index is 12.4. The van der Waals surface area contributed by atoms with Crippen molar-refractivity contribution < 1.29 is 13.2 Å². The van der Waals surface area contributed by atoms with Crippen molar-refractivity contribution in [1.29, 1.82) is 0 Å². The zero-order valence-electron chi connectivity index (χ0n) is 15.0. The molecule has 0 aliphatic rings. The smallest absolute Gasteiger partial charge is 0.240 e. The molecule has 0 bridgehead atoms. The first-order valence-corrected chi connectivity index (χ1v) is 9.77. The quantitative estimate of drug-likeness (QED) is 0.697. The van der Waals surface area contributed by atoms with E-state index in [4.69, 9.17) is 4.74 Å². The summed E-state index contributed by atoms with van der Waals surface area (Å²) >= 11 is 0. The summed E-state index contributed by atoms with van der Waals surface area (Å²) in [5, 5.41) is 0. The minimum absolute atomic E-state index is 0.267. The molecule has 0 fully saturated rings. The third-order valence-corrected chi connectivity index (χ3v) is 5.44. The number of nitrogens with zero attached hydrogens (tertiary/aromatic N) is 1. The monoisotopic (exact) mass is 362 g/mol. The van der Waals surface area contributed by atoms with Gasteiger partial charge in [-0.1, -0.05) is 30.3 Å². The van der Waals surface area contributed by atoms with Crippen LogP contribution in [-0.4, -0.2) is 40.6 Å². The molecule has 0 amide bonds. The molecule has 25 heavy (non-hydrogen) atoms. The molecule has 2 aromatic rings. The lowest BCUT2D eigenvalue weighted by Crippen LogP contribution is -2.28. The predicted molar refractivity (Wildman–Crippen MR) is 100 cm³/mol. The molecule has 0 aliphatic carbocycles. The van der Waals surface area contributed by atoms with Crippen LogP contribution in [0.3, 0.4) is 0 Å². The third kappa shape index (κ3) is 5.85. The van der Waals surface area contributed by atoms with Crippen LogP contribution in [0.2, 0.25) is 0 Å². The molecule has 0 aromatic heterocycles. The normalized spacial score (nSPS) is 11.7. The average molecular weight is 362 g/mol. The molecule has 0 unspecified atom stereocenters. The van der Waals surface area contributed by atoms with Crippen molar-refractivity contribution in [2.24, 2.45) is 0 Å². The van der Waals surface area contributed by atoms with Gasteiger partial charge in [0, 0.05) is 13.1 Å². The minimum atomic E-state index is -3.49. The van der Waals surface area contributed by atoms with Crippen molar-refractivity contribution in [3.8, 4) is 5.75 Å². The summed E-state index contributed by atoms with van der Waals surface area (Å²) in [5.74, 6) is 0.682. The molecule has 0 saturated heterocycles. The molecular weight excluding hydrogens is 336 g/mol. The molecule has 2 aromatic carbocycles. The predicted octanol–water partition coefficient (Wildman–Crippen LogP) is 2.80. The molecule has 0 saturated carbocycles. The highest BCUT2D eigenvalue weighted by molar-refractivity contribution is 7.89.